The molecule has 2 rings (SSSR count). The molecule has 1 saturated carbocycles. The highest BCUT2D eigenvalue weighted by Gasteiger charge is 2.23. The van der Waals surface area contributed by atoms with Crippen molar-refractivity contribution in [1.82, 2.24) is 15.5 Å². The Morgan fingerprint density at radius 3 is 2.68 bits per heavy atom. The van der Waals surface area contributed by atoms with Crippen LogP contribution in [0.25, 0.3) is 0 Å². The Morgan fingerprint density at radius 2 is 2.05 bits per heavy atom. The van der Waals surface area contributed by atoms with Crippen molar-refractivity contribution in [3.63, 3.8) is 0 Å². The highest BCUT2D eigenvalue weighted by Crippen LogP contribution is 2.31. The third kappa shape index (κ3) is 3.53. The van der Waals surface area contributed by atoms with Crippen LogP contribution in [0.2, 0.25) is 0 Å². The second-order valence-corrected chi connectivity index (χ2v) is 5.34. The Morgan fingerprint density at radius 1 is 1.37 bits per heavy atom. The summed E-state index contributed by atoms with van der Waals surface area (Å²) < 4.78 is 5.24. The average Bonchev–Trinajstić information content (AvgIpc) is 2.89. The van der Waals surface area contributed by atoms with Gasteiger partial charge < -0.3 is 15.6 Å². The molecule has 1 aliphatic rings. The van der Waals surface area contributed by atoms with E-state index < -0.39 is 6.04 Å². The quantitative estimate of drug-likeness (QED) is 0.864. The molecule has 3 N–H and O–H groups in total. The summed E-state index contributed by atoms with van der Waals surface area (Å²) in [5, 5.41) is 6.80. The number of hydrogen-bond donors (Lipinski definition) is 2. The van der Waals surface area contributed by atoms with Gasteiger partial charge in [0.25, 0.3) is 0 Å². The van der Waals surface area contributed by atoms with E-state index in [9.17, 15) is 4.79 Å². The van der Waals surface area contributed by atoms with Gasteiger partial charge in [-0.2, -0.15) is 4.98 Å². The van der Waals surface area contributed by atoms with Crippen LogP contribution in [0.1, 0.15) is 69.6 Å². The van der Waals surface area contributed by atoms with E-state index in [1.807, 2.05) is 6.92 Å². The van der Waals surface area contributed by atoms with Crippen LogP contribution in [0.15, 0.2) is 4.52 Å². The van der Waals surface area contributed by atoms with Crippen LogP contribution in [0.4, 0.5) is 0 Å². The third-order valence-electron chi connectivity index (χ3n) is 3.57. The predicted molar refractivity (Wildman–Crippen MR) is 70.3 cm³/mol. The van der Waals surface area contributed by atoms with Gasteiger partial charge in [-0.25, -0.2) is 0 Å². The van der Waals surface area contributed by atoms with E-state index in [1.54, 1.807) is 6.92 Å². The third-order valence-corrected chi connectivity index (χ3v) is 3.57. The molecule has 1 aromatic rings. The number of aromatic nitrogens is 2. The summed E-state index contributed by atoms with van der Waals surface area (Å²) in [6, 6.07) is -0.841. The molecule has 0 spiro atoms. The Kier molecular flexibility index (Phi) is 4.52. The maximum atomic E-state index is 11.5. The van der Waals surface area contributed by atoms with E-state index in [0.29, 0.717) is 11.8 Å². The van der Waals surface area contributed by atoms with Crippen LogP contribution in [-0.2, 0) is 4.79 Å². The number of carbonyl (C=O) groups is 1. The van der Waals surface area contributed by atoms with Gasteiger partial charge in [-0.15, -0.1) is 0 Å². The van der Waals surface area contributed by atoms with Gasteiger partial charge in [0.2, 0.25) is 11.8 Å². The minimum Gasteiger partial charge on any atom is -0.343 e. The lowest BCUT2D eigenvalue weighted by Gasteiger charge is -2.17. The van der Waals surface area contributed by atoms with Crippen molar-refractivity contribution in [1.29, 1.82) is 0 Å². The molecular formula is C13H22N4O2. The number of amides is 1. The summed E-state index contributed by atoms with van der Waals surface area (Å²) in [4.78, 5) is 15.9. The standard InChI is InChI=1S/C13H22N4O2/c1-8(14)12(18)15-9(2)13-16-11(17-19-13)10-6-4-3-5-7-10/h8-10H,3-7,14H2,1-2H3,(H,15,18)/t8-,9?/m1/s1. The highest BCUT2D eigenvalue weighted by atomic mass is 16.5. The van der Waals surface area contributed by atoms with Crippen LogP contribution in [-0.4, -0.2) is 22.1 Å². The van der Waals surface area contributed by atoms with E-state index >= 15 is 0 Å². The Hall–Kier alpha value is -1.43. The Balaban J connectivity index is 1.97. The lowest BCUT2D eigenvalue weighted by Crippen LogP contribution is -2.39. The van der Waals surface area contributed by atoms with Gasteiger partial charge in [-0.1, -0.05) is 24.4 Å². The van der Waals surface area contributed by atoms with Gasteiger partial charge in [0.1, 0.15) is 6.04 Å². The number of nitrogens with two attached hydrogens (primary N) is 1. The molecular weight excluding hydrogens is 244 g/mol. The number of nitrogens with one attached hydrogen (secondary N) is 1. The molecule has 1 heterocycles. The average molecular weight is 266 g/mol. The molecule has 6 nitrogen and oxygen atoms in total. The van der Waals surface area contributed by atoms with Gasteiger partial charge in [-0.3, -0.25) is 4.79 Å². The molecule has 106 valence electrons. The predicted octanol–water partition coefficient (Wildman–Crippen LogP) is 1.64. The summed E-state index contributed by atoms with van der Waals surface area (Å²) in [7, 11) is 0. The number of carbonyl (C=O) groups excluding carboxylic acids is 1. The van der Waals surface area contributed by atoms with E-state index in [2.05, 4.69) is 15.5 Å². The first-order chi connectivity index (χ1) is 9.08. The van der Waals surface area contributed by atoms with Crippen molar-refractivity contribution in [3.8, 4) is 0 Å². The summed E-state index contributed by atoms with van der Waals surface area (Å²) in [6.45, 7) is 3.46. The smallest absolute Gasteiger partial charge is 0.248 e. The molecule has 1 amide bonds. The van der Waals surface area contributed by atoms with E-state index in [-0.39, 0.29) is 11.9 Å². The number of rotatable bonds is 4. The van der Waals surface area contributed by atoms with Gasteiger partial charge in [-0.05, 0) is 26.7 Å². The van der Waals surface area contributed by atoms with Crippen molar-refractivity contribution < 1.29 is 9.32 Å². The van der Waals surface area contributed by atoms with Crippen molar-refractivity contribution >= 4 is 5.91 Å². The second-order valence-electron chi connectivity index (χ2n) is 5.34. The number of nitrogens with zero attached hydrogens (tertiary/aromatic N) is 2. The molecule has 1 fully saturated rings. The van der Waals surface area contributed by atoms with Crippen molar-refractivity contribution in [2.75, 3.05) is 0 Å². The van der Waals surface area contributed by atoms with Crippen LogP contribution in [0, 0.1) is 0 Å². The Labute approximate surface area is 113 Å². The molecule has 0 aliphatic heterocycles. The minimum absolute atomic E-state index is 0.218. The zero-order chi connectivity index (χ0) is 13.8. The van der Waals surface area contributed by atoms with Crippen molar-refractivity contribution in [2.24, 2.45) is 5.73 Å². The zero-order valence-electron chi connectivity index (χ0n) is 11.6. The van der Waals surface area contributed by atoms with E-state index in [1.165, 1.54) is 19.3 Å². The Bertz CT molecular complexity index is 424. The highest BCUT2D eigenvalue weighted by molar-refractivity contribution is 5.81. The first-order valence-electron chi connectivity index (χ1n) is 6.97. The molecule has 19 heavy (non-hydrogen) atoms. The van der Waals surface area contributed by atoms with Crippen LogP contribution in [0.5, 0.6) is 0 Å². The summed E-state index contributed by atoms with van der Waals surface area (Å²) >= 11 is 0. The first kappa shape index (κ1) is 14.0. The molecule has 0 radical (unpaired) electrons. The first-order valence-corrected chi connectivity index (χ1v) is 6.97. The van der Waals surface area contributed by atoms with Crippen LogP contribution < -0.4 is 11.1 Å². The van der Waals surface area contributed by atoms with E-state index in [4.69, 9.17) is 10.3 Å². The largest absolute Gasteiger partial charge is 0.343 e. The van der Waals surface area contributed by atoms with Gasteiger partial charge in [0, 0.05) is 5.92 Å². The maximum Gasteiger partial charge on any atom is 0.248 e. The fourth-order valence-corrected chi connectivity index (χ4v) is 2.36. The monoisotopic (exact) mass is 266 g/mol. The SMILES string of the molecule is CC(NC(=O)[C@@H](C)N)c1nc(C2CCCCC2)no1. The van der Waals surface area contributed by atoms with Crippen molar-refractivity contribution in [3.05, 3.63) is 11.7 Å². The summed E-state index contributed by atoms with van der Waals surface area (Å²) in [5.41, 5.74) is 5.51. The molecule has 1 aromatic heterocycles. The van der Waals surface area contributed by atoms with E-state index in [0.717, 1.165) is 18.7 Å². The van der Waals surface area contributed by atoms with Crippen molar-refractivity contribution in [2.45, 2.75) is 64.0 Å². The molecule has 1 aliphatic carbocycles. The summed E-state index contributed by atoms with van der Waals surface area (Å²) in [6.07, 6.45) is 6.00. The van der Waals surface area contributed by atoms with Gasteiger partial charge in [0.15, 0.2) is 5.82 Å². The second kappa shape index (κ2) is 6.14. The maximum absolute atomic E-state index is 11.5. The molecule has 6 heteroatoms. The molecule has 0 saturated heterocycles. The van der Waals surface area contributed by atoms with Crippen LogP contribution in [0.3, 0.4) is 0 Å². The van der Waals surface area contributed by atoms with Gasteiger partial charge in [0.05, 0.1) is 6.04 Å². The fraction of sp³-hybridized carbons (Fsp3) is 0.769. The minimum atomic E-state index is -0.539. The normalized spacial score (nSPS) is 19.9. The number of hydrogen-bond acceptors (Lipinski definition) is 5. The van der Waals surface area contributed by atoms with Gasteiger partial charge >= 0.3 is 0 Å². The lowest BCUT2D eigenvalue weighted by molar-refractivity contribution is -0.122. The zero-order valence-corrected chi connectivity index (χ0v) is 11.6. The molecule has 0 aromatic carbocycles. The lowest BCUT2D eigenvalue weighted by atomic mass is 9.89. The molecule has 2 atom stereocenters. The summed E-state index contributed by atoms with van der Waals surface area (Å²) in [5.74, 6) is 1.42. The van der Waals surface area contributed by atoms with Crippen LogP contribution >= 0.6 is 0 Å². The molecule has 0 bridgehead atoms. The molecule has 1 unspecified atom stereocenters. The fourth-order valence-electron chi connectivity index (χ4n) is 2.36. The topological polar surface area (TPSA) is 94.0 Å².